The number of hydrogen-bond donors (Lipinski definition) is 1. The monoisotopic (exact) mass is 323 g/mol. The molecule has 1 saturated heterocycles. The fraction of sp³-hybridized carbons (Fsp3) is 0.400. The molecular weight excluding hydrogens is 306 g/mol. The fourth-order valence-electron chi connectivity index (χ4n) is 2.44. The standard InChI is InChI=1S/C15H18BrNO2/c1-2-11-7-8-17(10-11)14-5-3-12(9-13(14)16)4-6-15(18)19/h3-6,9,11H,2,7-8,10H2,1H3,(H,18,19)/b6-4+. The van der Waals surface area contributed by atoms with Crippen LogP contribution in [0.1, 0.15) is 25.3 Å². The van der Waals surface area contributed by atoms with Gasteiger partial charge in [-0.1, -0.05) is 19.4 Å². The van der Waals surface area contributed by atoms with E-state index >= 15 is 0 Å². The number of nitrogens with zero attached hydrogens (tertiary/aromatic N) is 1. The maximum atomic E-state index is 10.5. The van der Waals surface area contributed by atoms with Gasteiger partial charge in [0.2, 0.25) is 0 Å². The molecule has 1 atom stereocenters. The van der Waals surface area contributed by atoms with Gasteiger partial charge in [0, 0.05) is 23.6 Å². The third kappa shape index (κ3) is 3.60. The quantitative estimate of drug-likeness (QED) is 0.857. The molecule has 1 aromatic rings. The van der Waals surface area contributed by atoms with Crippen LogP contribution >= 0.6 is 15.9 Å². The molecule has 4 heteroatoms. The first-order chi connectivity index (χ1) is 9.10. The van der Waals surface area contributed by atoms with Crippen molar-refractivity contribution in [2.45, 2.75) is 19.8 Å². The van der Waals surface area contributed by atoms with E-state index in [1.165, 1.54) is 18.5 Å². The van der Waals surface area contributed by atoms with Gasteiger partial charge < -0.3 is 10.0 Å². The summed E-state index contributed by atoms with van der Waals surface area (Å²) in [7, 11) is 0. The lowest BCUT2D eigenvalue weighted by atomic mass is 10.1. The van der Waals surface area contributed by atoms with Crippen molar-refractivity contribution in [3.8, 4) is 0 Å². The molecule has 1 unspecified atom stereocenters. The molecule has 0 amide bonds. The maximum absolute atomic E-state index is 10.5. The first kappa shape index (κ1) is 14.1. The number of carbonyl (C=O) groups is 1. The summed E-state index contributed by atoms with van der Waals surface area (Å²) in [6.45, 7) is 4.45. The highest BCUT2D eigenvalue weighted by atomic mass is 79.9. The molecular formula is C15H18BrNO2. The second kappa shape index (κ2) is 6.24. The van der Waals surface area contributed by atoms with Crippen LogP contribution in [0.5, 0.6) is 0 Å². The Balaban J connectivity index is 2.13. The summed E-state index contributed by atoms with van der Waals surface area (Å²) in [6, 6.07) is 5.98. The SMILES string of the molecule is CCC1CCN(c2ccc(/C=C/C(=O)O)cc2Br)C1. The zero-order valence-electron chi connectivity index (χ0n) is 11.0. The highest BCUT2D eigenvalue weighted by molar-refractivity contribution is 9.10. The van der Waals surface area contributed by atoms with E-state index in [-0.39, 0.29) is 0 Å². The number of carboxylic acid groups (broad SMARTS) is 1. The number of benzene rings is 1. The van der Waals surface area contributed by atoms with Gasteiger partial charge in [-0.3, -0.25) is 0 Å². The number of halogens is 1. The van der Waals surface area contributed by atoms with E-state index in [2.05, 4.69) is 33.8 Å². The molecule has 1 N–H and O–H groups in total. The van der Waals surface area contributed by atoms with Gasteiger partial charge in [0.1, 0.15) is 0 Å². The molecule has 0 bridgehead atoms. The molecule has 2 rings (SSSR count). The minimum Gasteiger partial charge on any atom is -0.478 e. The molecule has 0 spiro atoms. The van der Waals surface area contributed by atoms with Crippen LogP contribution in [0.15, 0.2) is 28.7 Å². The van der Waals surface area contributed by atoms with Gasteiger partial charge in [-0.15, -0.1) is 0 Å². The van der Waals surface area contributed by atoms with Crippen molar-refractivity contribution in [3.05, 3.63) is 34.3 Å². The maximum Gasteiger partial charge on any atom is 0.328 e. The highest BCUT2D eigenvalue weighted by Crippen LogP contribution is 2.32. The van der Waals surface area contributed by atoms with Gasteiger partial charge in [0.15, 0.2) is 0 Å². The van der Waals surface area contributed by atoms with Crippen molar-refractivity contribution in [1.82, 2.24) is 0 Å². The Hall–Kier alpha value is -1.29. The van der Waals surface area contributed by atoms with E-state index in [9.17, 15) is 4.79 Å². The summed E-state index contributed by atoms with van der Waals surface area (Å²) in [6.07, 6.45) is 5.25. The summed E-state index contributed by atoms with van der Waals surface area (Å²) in [5.74, 6) is -0.135. The second-order valence-electron chi connectivity index (χ2n) is 4.89. The minimum absolute atomic E-state index is 0.790. The third-order valence-electron chi connectivity index (χ3n) is 3.59. The van der Waals surface area contributed by atoms with Crippen LogP contribution in [-0.4, -0.2) is 24.2 Å². The summed E-state index contributed by atoms with van der Waals surface area (Å²) >= 11 is 3.58. The molecule has 3 nitrogen and oxygen atoms in total. The van der Waals surface area contributed by atoms with Gasteiger partial charge in [0.05, 0.1) is 5.69 Å². The van der Waals surface area contributed by atoms with Crippen molar-refractivity contribution in [2.75, 3.05) is 18.0 Å². The van der Waals surface area contributed by atoms with Crippen LogP contribution in [0, 0.1) is 5.92 Å². The zero-order chi connectivity index (χ0) is 13.8. The zero-order valence-corrected chi connectivity index (χ0v) is 12.6. The largest absolute Gasteiger partial charge is 0.478 e. The van der Waals surface area contributed by atoms with Crippen LogP contribution in [-0.2, 0) is 4.79 Å². The first-order valence-corrected chi connectivity index (χ1v) is 7.35. The van der Waals surface area contributed by atoms with E-state index in [1.54, 1.807) is 6.08 Å². The molecule has 0 aliphatic carbocycles. The van der Waals surface area contributed by atoms with Gasteiger partial charge in [-0.25, -0.2) is 4.79 Å². The van der Waals surface area contributed by atoms with E-state index in [1.807, 2.05) is 12.1 Å². The lowest BCUT2D eigenvalue weighted by Gasteiger charge is -2.20. The van der Waals surface area contributed by atoms with Crippen molar-refractivity contribution in [2.24, 2.45) is 5.92 Å². The van der Waals surface area contributed by atoms with Crippen LogP contribution < -0.4 is 4.90 Å². The van der Waals surface area contributed by atoms with Crippen molar-refractivity contribution in [1.29, 1.82) is 0 Å². The number of aliphatic carboxylic acids is 1. The summed E-state index contributed by atoms with van der Waals surface area (Å²) < 4.78 is 1.02. The molecule has 102 valence electrons. The third-order valence-corrected chi connectivity index (χ3v) is 4.23. The molecule has 19 heavy (non-hydrogen) atoms. The van der Waals surface area contributed by atoms with Gasteiger partial charge in [-0.05, 0) is 52.0 Å². The van der Waals surface area contributed by atoms with Gasteiger partial charge in [0.25, 0.3) is 0 Å². The van der Waals surface area contributed by atoms with Crippen LogP contribution in [0.3, 0.4) is 0 Å². The average Bonchev–Trinajstić information content (AvgIpc) is 2.85. The molecule has 1 aliphatic heterocycles. The molecule has 0 saturated carbocycles. The minimum atomic E-state index is -0.925. The van der Waals surface area contributed by atoms with E-state index in [0.29, 0.717) is 0 Å². The predicted octanol–water partition coefficient (Wildman–Crippen LogP) is 3.78. The molecule has 1 aromatic carbocycles. The average molecular weight is 324 g/mol. The Morgan fingerprint density at radius 1 is 1.58 bits per heavy atom. The Labute approximate surface area is 122 Å². The van der Waals surface area contributed by atoms with Gasteiger partial charge >= 0.3 is 5.97 Å². The first-order valence-electron chi connectivity index (χ1n) is 6.55. The van der Waals surface area contributed by atoms with E-state index in [4.69, 9.17) is 5.11 Å². The van der Waals surface area contributed by atoms with Crippen molar-refractivity contribution < 1.29 is 9.90 Å². The number of rotatable bonds is 4. The summed E-state index contributed by atoms with van der Waals surface area (Å²) in [5, 5.41) is 8.62. The smallest absolute Gasteiger partial charge is 0.328 e. The Morgan fingerprint density at radius 3 is 2.95 bits per heavy atom. The van der Waals surface area contributed by atoms with Crippen molar-refractivity contribution in [3.63, 3.8) is 0 Å². The molecule has 0 radical (unpaired) electrons. The summed E-state index contributed by atoms with van der Waals surface area (Å²) in [5.41, 5.74) is 2.09. The number of carboxylic acids is 1. The van der Waals surface area contributed by atoms with E-state index in [0.717, 1.165) is 35.1 Å². The topological polar surface area (TPSA) is 40.5 Å². The Kier molecular flexibility index (Phi) is 4.64. The molecule has 1 aliphatic rings. The number of anilines is 1. The molecule has 1 heterocycles. The highest BCUT2D eigenvalue weighted by Gasteiger charge is 2.22. The Morgan fingerprint density at radius 2 is 2.37 bits per heavy atom. The second-order valence-corrected chi connectivity index (χ2v) is 5.75. The normalized spacial score (nSPS) is 19.3. The number of hydrogen-bond acceptors (Lipinski definition) is 2. The molecule has 1 fully saturated rings. The van der Waals surface area contributed by atoms with Gasteiger partial charge in [-0.2, -0.15) is 0 Å². The van der Waals surface area contributed by atoms with Crippen LogP contribution in [0.2, 0.25) is 0 Å². The van der Waals surface area contributed by atoms with E-state index < -0.39 is 5.97 Å². The van der Waals surface area contributed by atoms with Crippen LogP contribution in [0.4, 0.5) is 5.69 Å². The molecule has 0 aromatic heterocycles. The summed E-state index contributed by atoms with van der Waals surface area (Å²) in [4.78, 5) is 12.9. The van der Waals surface area contributed by atoms with Crippen LogP contribution in [0.25, 0.3) is 6.08 Å². The Bertz CT molecular complexity index is 499. The predicted molar refractivity (Wildman–Crippen MR) is 81.4 cm³/mol. The van der Waals surface area contributed by atoms with Crippen molar-refractivity contribution >= 4 is 33.7 Å². The fourth-order valence-corrected chi connectivity index (χ4v) is 3.08. The lowest BCUT2D eigenvalue weighted by molar-refractivity contribution is -0.131. The lowest BCUT2D eigenvalue weighted by Crippen LogP contribution is -2.19.